The van der Waals surface area contributed by atoms with Crippen LogP contribution >= 0.6 is 7.37 Å². The molecule has 1 aromatic carbocycles. The van der Waals surface area contributed by atoms with Crippen molar-refractivity contribution in [3.05, 3.63) is 42.0 Å². The lowest BCUT2D eigenvalue weighted by Gasteiger charge is -2.21. The fraction of sp³-hybridized carbons (Fsp3) is 0.273. The largest absolute Gasteiger partial charge is 0.321 e. The summed E-state index contributed by atoms with van der Waals surface area (Å²) in [6.45, 7) is 2.49. The zero-order valence-electron chi connectivity index (χ0n) is 8.14. The third-order valence-corrected chi connectivity index (χ3v) is 4.62. The van der Waals surface area contributed by atoms with Crippen molar-refractivity contribution in [1.29, 1.82) is 0 Å². The van der Waals surface area contributed by atoms with Crippen LogP contribution in [0, 0.1) is 0 Å². The highest BCUT2D eigenvalue weighted by molar-refractivity contribution is 7.67. The minimum absolute atomic E-state index is 0.492. The first kappa shape index (κ1) is 9.70. The third-order valence-electron chi connectivity index (χ3n) is 2.33. The molecule has 1 aliphatic rings. The highest BCUT2D eigenvalue weighted by atomic mass is 31.2. The highest BCUT2D eigenvalue weighted by Gasteiger charge is 2.27. The molecule has 1 atom stereocenters. The van der Waals surface area contributed by atoms with E-state index in [1.54, 1.807) is 0 Å². The first-order valence-electron chi connectivity index (χ1n) is 4.65. The molecular weight excluding hydrogens is 195 g/mol. The smallest absolute Gasteiger partial charge is 0.236 e. The summed E-state index contributed by atoms with van der Waals surface area (Å²) in [5, 5.41) is 0.823. The molecule has 0 saturated carbocycles. The van der Waals surface area contributed by atoms with Crippen LogP contribution in [-0.4, -0.2) is 12.8 Å². The Morgan fingerprint density at radius 2 is 2.00 bits per heavy atom. The Morgan fingerprint density at radius 1 is 1.29 bits per heavy atom. The predicted molar refractivity (Wildman–Crippen MR) is 58.3 cm³/mol. The highest BCUT2D eigenvalue weighted by Crippen LogP contribution is 2.48. The van der Waals surface area contributed by atoms with Crippen LogP contribution in [0.3, 0.4) is 0 Å². The molecule has 1 aromatic rings. The zero-order valence-corrected chi connectivity index (χ0v) is 9.04. The Kier molecular flexibility index (Phi) is 2.58. The lowest BCUT2D eigenvalue weighted by Crippen LogP contribution is -2.14. The van der Waals surface area contributed by atoms with Gasteiger partial charge in [-0.15, -0.1) is 0 Å². The van der Waals surface area contributed by atoms with Gasteiger partial charge in [0, 0.05) is 11.5 Å². The molecule has 1 aliphatic heterocycles. The molecular formula is C11H13O2P. The van der Waals surface area contributed by atoms with Crippen molar-refractivity contribution in [2.24, 2.45) is 0 Å². The second-order valence-electron chi connectivity index (χ2n) is 3.52. The lowest BCUT2D eigenvalue weighted by molar-refractivity contribution is 0.347. The number of benzene rings is 1. The van der Waals surface area contributed by atoms with Crippen molar-refractivity contribution < 1.29 is 9.09 Å². The van der Waals surface area contributed by atoms with Crippen molar-refractivity contribution in [2.45, 2.75) is 6.92 Å². The maximum Gasteiger partial charge on any atom is 0.236 e. The van der Waals surface area contributed by atoms with E-state index in [0.717, 1.165) is 10.9 Å². The van der Waals surface area contributed by atoms with Crippen LogP contribution in [0.15, 0.2) is 42.0 Å². The molecule has 0 N–H and O–H groups in total. The van der Waals surface area contributed by atoms with E-state index in [1.165, 1.54) is 0 Å². The molecule has 0 spiro atoms. The molecule has 14 heavy (non-hydrogen) atoms. The molecule has 0 radical (unpaired) electrons. The summed E-state index contributed by atoms with van der Waals surface area (Å²) in [5.41, 5.74) is 1.16. The van der Waals surface area contributed by atoms with Crippen LogP contribution in [0.4, 0.5) is 0 Å². The van der Waals surface area contributed by atoms with E-state index in [0.29, 0.717) is 12.8 Å². The summed E-state index contributed by atoms with van der Waals surface area (Å²) in [7, 11) is -2.58. The molecule has 2 nitrogen and oxygen atoms in total. The van der Waals surface area contributed by atoms with E-state index in [1.807, 2.05) is 43.3 Å². The van der Waals surface area contributed by atoms with Crippen LogP contribution in [0.1, 0.15) is 6.92 Å². The van der Waals surface area contributed by atoms with E-state index < -0.39 is 7.37 Å². The molecule has 74 valence electrons. The van der Waals surface area contributed by atoms with Crippen molar-refractivity contribution in [2.75, 3.05) is 12.8 Å². The molecule has 1 heterocycles. The molecule has 0 bridgehead atoms. The molecule has 1 unspecified atom stereocenters. The zero-order chi connectivity index (χ0) is 10.0. The van der Waals surface area contributed by atoms with Gasteiger partial charge >= 0.3 is 0 Å². The summed E-state index contributed by atoms with van der Waals surface area (Å²) in [6.07, 6.45) is 2.54. The van der Waals surface area contributed by atoms with Crippen LogP contribution < -0.4 is 5.30 Å². The Balaban J connectivity index is 2.32. The standard InChI is InChI=1S/C11H13O2P/c1-10-7-8-14(12,13-9-10)11-5-3-2-4-6-11/h2-7H,8-9H2,1H3. The monoisotopic (exact) mass is 208 g/mol. The molecule has 0 saturated heterocycles. The van der Waals surface area contributed by atoms with Gasteiger partial charge in [-0.05, 0) is 19.1 Å². The first-order valence-corrected chi connectivity index (χ1v) is 6.46. The van der Waals surface area contributed by atoms with Crippen molar-refractivity contribution >= 4 is 12.7 Å². The average Bonchev–Trinajstić information content (AvgIpc) is 2.24. The maximum absolute atomic E-state index is 12.3. The molecule has 0 fully saturated rings. The van der Waals surface area contributed by atoms with E-state index in [4.69, 9.17) is 4.52 Å². The minimum atomic E-state index is -2.58. The van der Waals surface area contributed by atoms with Gasteiger partial charge in [0.1, 0.15) is 0 Å². The van der Waals surface area contributed by atoms with Crippen LogP contribution in [0.2, 0.25) is 0 Å². The number of allylic oxidation sites excluding steroid dienone is 1. The first-order chi connectivity index (χ1) is 6.71. The van der Waals surface area contributed by atoms with E-state index in [2.05, 4.69) is 0 Å². The normalized spacial score (nSPS) is 27.1. The molecule has 0 aromatic heterocycles. The summed E-state index contributed by atoms with van der Waals surface area (Å²) in [5.74, 6) is 0. The fourth-order valence-corrected chi connectivity index (χ4v) is 3.48. The third kappa shape index (κ3) is 1.82. The summed E-state index contributed by atoms with van der Waals surface area (Å²) in [6, 6.07) is 9.44. The van der Waals surface area contributed by atoms with Gasteiger partial charge in [0.2, 0.25) is 7.37 Å². The predicted octanol–water partition coefficient (Wildman–Crippen LogP) is 2.57. The van der Waals surface area contributed by atoms with Gasteiger partial charge in [0.05, 0.1) is 6.61 Å². The van der Waals surface area contributed by atoms with Crippen molar-refractivity contribution in [1.82, 2.24) is 0 Å². The van der Waals surface area contributed by atoms with E-state index in [-0.39, 0.29) is 0 Å². The minimum Gasteiger partial charge on any atom is -0.321 e. The Morgan fingerprint density at radius 3 is 2.57 bits per heavy atom. The fourth-order valence-electron chi connectivity index (χ4n) is 1.43. The summed E-state index contributed by atoms with van der Waals surface area (Å²) >= 11 is 0. The molecule has 0 amide bonds. The average molecular weight is 208 g/mol. The van der Waals surface area contributed by atoms with Gasteiger partial charge < -0.3 is 4.52 Å². The molecule has 2 rings (SSSR count). The van der Waals surface area contributed by atoms with Gasteiger partial charge in [-0.3, -0.25) is 4.57 Å². The maximum atomic E-state index is 12.3. The lowest BCUT2D eigenvalue weighted by atomic mass is 10.3. The van der Waals surface area contributed by atoms with Gasteiger partial charge in [-0.1, -0.05) is 29.8 Å². The summed E-state index contributed by atoms with van der Waals surface area (Å²) in [4.78, 5) is 0. The second kappa shape index (κ2) is 3.72. The van der Waals surface area contributed by atoms with Gasteiger partial charge in [0.15, 0.2) is 0 Å². The van der Waals surface area contributed by atoms with Gasteiger partial charge in [-0.2, -0.15) is 0 Å². The van der Waals surface area contributed by atoms with Crippen molar-refractivity contribution in [3.8, 4) is 0 Å². The SMILES string of the molecule is CC1=CCP(=O)(c2ccccc2)OC1. The van der Waals surface area contributed by atoms with Crippen LogP contribution in [-0.2, 0) is 9.09 Å². The van der Waals surface area contributed by atoms with Gasteiger partial charge in [-0.25, -0.2) is 0 Å². The quantitative estimate of drug-likeness (QED) is 0.523. The number of hydrogen-bond donors (Lipinski definition) is 0. The molecule has 3 heteroatoms. The summed E-state index contributed by atoms with van der Waals surface area (Å²) < 4.78 is 17.8. The topological polar surface area (TPSA) is 26.3 Å². The van der Waals surface area contributed by atoms with Gasteiger partial charge in [0.25, 0.3) is 0 Å². The Bertz CT molecular complexity index is 395. The van der Waals surface area contributed by atoms with E-state index in [9.17, 15) is 4.57 Å². The Labute approximate surface area is 84.1 Å². The number of hydrogen-bond acceptors (Lipinski definition) is 2. The van der Waals surface area contributed by atoms with Crippen LogP contribution in [0.5, 0.6) is 0 Å². The van der Waals surface area contributed by atoms with E-state index >= 15 is 0 Å². The van der Waals surface area contributed by atoms with Crippen LogP contribution in [0.25, 0.3) is 0 Å². The van der Waals surface area contributed by atoms with Crippen molar-refractivity contribution in [3.63, 3.8) is 0 Å². The second-order valence-corrected chi connectivity index (χ2v) is 6.00. The molecule has 0 aliphatic carbocycles. The Hall–Kier alpha value is -0.850. The number of rotatable bonds is 1.